The van der Waals surface area contributed by atoms with Gasteiger partial charge in [-0.2, -0.15) is 11.8 Å². The van der Waals surface area contributed by atoms with Crippen molar-refractivity contribution in [1.29, 1.82) is 0 Å². The Kier molecular flexibility index (Phi) is 8.45. The molecule has 1 atom stereocenters. The fraction of sp³-hybridized carbons (Fsp3) is 0.765. The average Bonchev–Trinajstić information content (AvgIpc) is 3.15. The zero-order valence-electron chi connectivity index (χ0n) is 14.7. The molecule has 0 aromatic heterocycles. The Bertz CT molecular complexity index is 430. The van der Waals surface area contributed by atoms with Crippen LogP contribution in [0.1, 0.15) is 19.8 Å². The lowest BCUT2D eigenvalue weighted by atomic mass is 10.2. The standard InChI is InChI=1S/C17H30N4O2S/c1-3-13-24-14-7-19-17(18-4-2)21-10-8-20(9-11-21)16(22)15-6-5-12-23-15/h3,15H,1,4-14H2,2H3,(H,18,19). The number of carbonyl (C=O) groups is 1. The van der Waals surface area contributed by atoms with Crippen molar-refractivity contribution in [3.63, 3.8) is 0 Å². The van der Waals surface area contributed by atoms with Crippen LogP contribution in [0.5, 0.6) is 0 Å². The van der Waals surface area contributed by atoms with Crippen molar-refractivity contribution in [1.82, 2.24) is 15.1 Å². The molecule has 24 heavy (non-hydrogen) atoms. The summed E-state index contributed by atoms with van der Waals surface area (Å²) in [6.45, 7) is 11.3. The third-order valence-electron chi connectivity index (χ3n) is 4.16. The first kappa shape index (κ1) is 19.1. The SMILES string of the molecule is C=CCSCCN=C(NCC)N1CCN(C(=O)C2CCCO2)CC1. The van der Waals surface area contributed by atoms with Gasteiger partial charge in [-0.05, 0) is 19.8 Å². The van der Waals surface area contributed by atoms with E-state index in [0.717, 1.165) is 76.2 Å². The van der Waals surface area contributed by atoms with E-state index in [-0.39, 0.29) is 12.0 Å². The van der Waals surface area contributed by atoms with Gasteiger partial charge in [0.2, 0.25) is 0 Å². The number of aliphatic imine (C=N–C) groups is 1. The van der Waals surface area contributed by atoms with Gasteiger partial charge >= 0.3 is 0 Å². The smallest absolute Gasteiger partial charge is 0.251 e. The Balaban J connectivity index is 1.79. The largest absolute Gasteiger partial charge is 0.368 e. The quantitative estimate of drug-likeness (QED) is 0.322. The molecular formula is C17H30N4O2S. The van der Waals surface area contributed by atoms with E-state index in [0.29, 0.717) is 0 Å². The normalized spacial score (nSPS) is 21.9. The number of thioether (sulfide) groups is 1. The van der Waals surface area contributed by atoms with Crippen molar-refractivity contribution >= 4 is 23.6 Å². The van der Waals surface area contributed by atoms with Crippen LogP contribution in [0, 0.1) is 0 Å². The molecule has 2 aliphatic rings. The third-order valence-corrected chi connectivity index (χ3v) is 5.11. The van der Waals surface area contributed by atoms with Crippen molar-refractivity contribution < 1.29 is 9.53 Å². The van der Waals surface area contributed by atoms with E-state index >= 15 is 0 Å². The molecule has 0 bridgehead atoms. The van der Waals surface area contributed by atoms with Crippen molar-refractivity contribution in [3.05, 3.63) is 12.7 Å². The highest BCUT2D eigenvalue weighted by molar-refractivity contribution is 7.99. The monoisotopic (exact) mass is 354 g/mol. The Morgan fingerprint density at radius 3 is 2.75 bits per heavy atom. The molecule has 7 heteroatoms. The van der Waals surface area contributed by atoms with Gasteiger partial charge in [-0.25, -0.2) is 0 Å². The van der Waals surface area contributed by atoms with Crippen LogP contribution in [0.25, 0.3) is 0 Å². The lowest BCUT2D eigenvalue weighted by Gasteiger charge is -2.37. The molecule has 2 rings (SSSR count). The van der Waals surface area contributed by atoms with Crippen molar-refractivity contribution in [2.24, 2.45) is 4.99 Å². The molecule has 2 aliphatic heterocycles. The number of ether oxygens (including phenoxy) is 1. The minimum atomic E-state index is -0.208. The number of carbonyl (C=O) groups excluding carboxylic acids is 1. The van der Waals surface area contributed by atoms with E-state index in [1.54, 1.807) is 0 Å². The van der Waals surface area contributed by atoms with Gasteiger partial charge in [-0.3, -0.25) is 9.79 Å². The molecule has 0 radical (unpaired) electrons. The van der Waals surface area contributed by atoms with Gasteiger partial charge < -0.3 is 19.9 Å². The maximum absolute atomic E-state index is 12.4. The van der Waals surface area contributed by atoms with E-state index in [9.17, 15) is 4.79 Å². The number of rotatable bonds is 7. The lowest BCUT2D eigenvalue weighted by Crippen LogP contribution is -2.55. The zero-order chi connectivity index (χ0) is 17.2. The number of nitrogens with zero attached hydrogens (tertiary/aromatic N) is 3. The maximum Gasteiger partial charge on any atom is 0.251 e. The molecule has 0 aliphatic carbocycles. The molecule has 1 amide bonds. The topological polar surface area (TPSA) is 57.2 Å². The second-order valence-corrected chi connectivity index (χ2v) is 7.06. The number of piperazine rings is 1. The highest BCUT2D eigenvalue weighted by atomic mass is 32.2. The first-order valence-corrected chi connectivity index (χ1v) is 10.0. The summed E-state index contributed by atoms with van der Waals surface area (Å²) in [5, 5.41) is 3.36. The van der Waals surface area contributed by atoms with Gasteiger partial charge in [0, 0.05) is 50.8 Å². The lowest BCUT2D eigenvalue weighted by molar-refractivity contribution is -0.142. The molecule has 2 fully saturated rings. The average molecular weight is 355 g/mol. The van der Waals surface area contributed by atoms with Crippen molar-refractivity contribution in [2.75, 3.05) is 57.4 Å². The molecule has 0 saturated carbocycles. The van der Waals surface area contributed by atoms with Gasteiger partial charge in [0.15, 0.2) is 5.96 Å². The predicted octanol–water partition coefficient (Wildman–Crippen LogP) is 1.19. The highest BCUT2D eigenvalue weighted by Gasteiger charge is 2.30. The van der Waals surface area contributed by atoms with E-state index in [1.807, 2.05) is 22.7 Å². The first-order valence-electron chi connectivity index (χ1n) is 8.88. The molecule has 0 aromatic rings. The Morgan fingerprint density at radius 2 is 2.12 bits per heavy atom. The molecule has 0 spiro atoms. The van der Waals surface area contributed by atoms with Crippen molar-refractivity contribution in [2.45, 2.75) is 25.9 Å². The number of hydrogen-bond acceptors (Lipinski definition) is 4. The summed E-state index contributed by atoms with van der Waals surface area (Å²) < 4.78 is 5.52. The third kappa shape index (κ3) is 5.70. The molecule has 2 heterocycles. The Morgan fingerprint density at radius 1 is 1.38 bits per heavy atom. The predicted molar refractivity (Wildman–Crippen MR) is 101 cm³/mol. The molecule has 136 valence electrons. The van der Waals surface area contributed by atoms with Crippen molar-refractivity contribution in [3.8, 4) is 0 Å². The van der Waals surface area contributed by atoms with Gasteiger partial charge in [-0.1, -0.05) is 6.08 Å². The molecule has 1 N–H and O–H groups in total. The van der Waals surface area contributed by atoms with Crippen LogP contribution in [0.4, 0.5) is 0 Å². The van der Waals surface area contributed by atoms with Gasteiger partial charge in [0.05, 0.1) is 6.54 Å². The molecule has 1 unspecified atom stereocenters. The van der Waals surface area contributed by atoms with Crippen LogP contribution in [-0.2, 0) is 9.53 Å². The summed E-state index contributed by atoms with van der Waals surface area (Å²) in [5.41, 5.74) is 0. The highest BCUT2D eigenvalue weighted by Crippen LogP contribution is 2.16. The van der Waals surface area contributed by atoms with Crippen LogP contribution >= 0.6 is 11.8 Å². The fourth-order valence-electron chi connectivity index (χ4n) is 2.92. The zero-order valence-corrected chi connectivity index (χ0v) is 15.5. The van der Waals surface area contributed by atoms with E-state index in [2.05, 4.69) is 23.7 Å². The summed E-state index contributed by atoms with van der Waals surface area (Å²) >= 11 is 1.84. The number of amides is 1. The number of guanidine groups is 1. The minimum absolute atomic E-state index is 0.162. The fourth-order valence-corrected chi connectivity index (χ4v) is 3.48. The summed E-state index contributed by atoms with van der Waals surface area (Å²) in [7, 11) is 0. The maximum atomic E-state index is 12.4. The summed E-state index contributed by atoms with van der Waals surface area (Å²) in [4.78, 5) is 21.3. The molecule has 0 aromatic carbocycles. The minimum Gasteiger partial charge on any atom is -0.368 e. The first-order chi connectivity index (χ1) is 11.8. The number of hydrogen-bond donors (Lipinski definition) is 1. The Labute approximate surface area is 149 Å². The second-order valence-electron chi connectivity index (χ2n) is 5.91. The Hall–Kier alpha value is -1.21. The van der Waals surface area contributed by atoms with E-state index in [4.69, 9.17) is 9.73 Å². The molecular weight excluding hydrogens is 324 g/mol. The summed E-state index contributed by atoms with van der Waals surface area (Å²) in [6.07, 6.45) is 3.58. The molecule has 2 saturated heterocycles. The van der Waals surface area contributed by atoms with E-state index in [1.165, 1.54) is 0 Å². The number of nitrogens with one attached hydrogen (secondary N) is 1. The van der Waals surface area contributed by atoms with Gasteiger partial charge in [-0.15, -0.1) is 6.58 Å². The van der Waals surface area contributed by atoms with Crippen LogP contribution in [0.15, 0.2) is 17.6 Å². The van der Waals surface area contributed by atoms with Crippen LogP contribution in [0.2, 0.25) is 0 Å². The molecule has 6 nitrogen and oxygen atoms in total. The summed E-state index contributed by atoms with van der Waals surface area (Å²) in [5.74, 6) is 3.09. The second kappa shape index (κ2) is 10.6. The van der Waals surface area contributed by atoms with Gasteiger partial charge in [0.1, 0.15) is 6.10 Å². The van der Waals surface area contributed by atoms with Crippen LogP contribution < -0.4 is 5.32 Å². The summed E-state index contributed by atoms with van der Waals surface area (Å²) in [6, 6.07) is 0. The van der Waals surface area contributed by atoms with Crippen LogP contribution in [-0.4, -0.2) is 85.2 Å². The van der Waals surface area contributed by atoms with Crippen LogP contribution in [0.3, 0.4) is 0 Å². The van der Waals surface area contributed by atoms with E-state index < -0.39 is 0 Å². The van der Waals surface area contributed by atoms with Gasteiger partial charge in [0.25, 0.3) is 5.91 Å².